The third-order valence-corrected chi connectivity index (χ3v) is 2.51. The lowest BCUT2D eigenvalue weighted by Gasteiger charge is -2.09. The minimum atomic E-state index is 0.734. The van der Waals surface area contributed by atoms with Crippen LogP contribution in [0.5, 0.6) is 0 Å². The minimum Gasteiger partial charge on any atom is -0.303 e. The highest BCUT2D eigenvalue weighted by Gasteiger charge is 2.01. The molecule has 0 heterocycles. The second kappa shape index (κ2) is 8.28. The maximum Gasteiger partial charge on any atom is 0.120 e. The number of carbonyl (C=O) groups excluding carboxylic acids is 1. The first-order chi connectivity index (χ1) is 6.16. The van der Waals surface area contributed by atoms with Crippen LogP contribution in [0.3, 0.4) is 0 Å². The summed E-state index contributed by atoms with van der Waals surface area (Å²) in [4.78, 5) is 10.1. The summed E-state index contributed by atoms with van der Waals surface area (Å²) in [6.45, 7) is 6.80. The summed E-state index contributed by atoms with van der Waals surface area (Å²) >= 11 is 0. The quantitative estimate of drug-likeness (QED) is 0.414. The van der Waals surface area contributed by atoms with Crippen molar-refractivity contribution >= 4 is 6.29 Å². The van der Waals surface area contributed by atoms with Gasteiger partial charge in [-0.3, -0.25) is 0 Å². The van der Waals surface area contributed by atoms with E-state index >= 15 is 0 Å². The average molecular weight is 184 g/mol. The molecule has 0 N–H and O–H groups in total. The molecule has 0 saturated heterocycles. The van der Waals surface area contributed by atoms with Crippen LogP contribution >= 0.6 is 0 Å². The molecular formula is C12H24O. The van der Waals surface area contributed by atoms with Crippen molar-refractivity contribution in [2.75, 3.05) is 0 Å². The summed E-state index contributed by atoms with van der Waals surface area (Å²) < 4.78 is 0. The van der Waals surface area contributed by atoms with Gasteiger partial charge in [-0.2, -0.15) is 0 Å². The van der Waals surface area contributed by atoms with Gasteiger partial charge in [0.05, 0.1) is 0 Å². The van der Waals surface area contributed by atoms with Gasteiger partial charge in [-0.05, 0) is 18.3 Å². The summed E-state index contributed by atoms with van der Waals surface area (Å²) in [5.74, 6) is 1.57. The maximum absolute atomic E-state index is 10.1. The van der Waals surface area contributed by atoms with Crippen molar-refractivity contribution in [2.24, 2.45) is 11.8 Å². The Balaban J connectivity index is 3.16. The van der Waals surface area contributed by atoms with Gasteiger partial charge in [0.15, 0.2) is 0 Å². The molecule has 0 fully saturated rings. The molecule has 0 radical (unpaired) electrons. The van der Waals surface area contributed by atoms with Crippen molar-refractivity contribution in [3.63, 3.8) is 0 Å². The number of hydrogen-bond acceptors (Lipinski definition) is 1. The smallest absolute Gasteiger partial charge is 0.120 e. The molecule has 0 aliphatic heterocycles. The molecule has 0 aromatic carbocycles. The van der Waals surface area contributed by atoms with Crippen LogP contribution in [0.1, 0.15) is 59.3 Å². The van der Waals surface area contributed by atoms with Crippen molar-refractivity contribution in [2.45, 2.75) is 59.3 Å². The number of carbonyl (C=O) groups is 1. The zero-order valence-corrected chi connectivity index (χ0v) is 9.38. The van der Waals surface area contributed by atoms with Gasteiger partial charge in [0.25, 0.3) is 0 Å². The third-order valence-electron chi connectivity index (χ3n) is 2.51. The molecule has 0 spiro atoms. The Morgan fingerprint density at radius 1 is 1.00 bits per heavy atom. The molecule has 0 saturated carbocycles. The summed E-state index contributed by atoms with van der Waals surface area (Å²) in [5.41, 5.74) is 0. The van der Waals surface area contributed by atoms with E-state index in [2.05, 4.69) is 20.8 Å². The van der Waals surface area contributed by atoms with E-state index in [0.717, 1.165) is 31.0 Å². The highest BCUT2D eigenvalue weighted by molar-refractivity contribution is 5.49. The molecule has 1 atom stereocenters. The van der Waals surface area contributed by atoms with Gasteiger partial charge < -0.3 is 4.79 Å². The van der Waals surface area contributed by atoms with Gasteiger partial charge in [0, 0.05) is 6.42 Å². The molecular weight excluding hydrogens is 160 g/mol. The Bertz CT molecular complexity index is 118. The van der Waals surface area contributed by atoms with Crippen LogP contribution in [0, 0.1) is 11.8 Å². The second-order valence-electron chi connectivity index (χ2n) is 4.53. The molecule has 0 aromatic heterocycles. The van der Waals surface area contributed by atoms with Crippen molar-refractivity contribution < 1.29 is 4.79 Å². The van der Waals surface area contributed by atoms with E-state index in [-0.39, 0.29) is 0 Å². The Morgan fingerprint density at radius 3 is 2.15 bits per heavy atom. The van der Waals surface area contributed by atoms with Crippen molar-refractivity contribution in [1.82, 2.24) is 0 Å². The Hall–Kier alpha value is -0.330. The van der Waals surface area contributed by atoms with Gasteiger partial charge in [0.2, 0.25) is 0 Å². The van der Waals surface area contributed by atoms with E-state index < -0.39 is 0 Å². The lowest BCUT2D eigenvalue weighted by atomic mass is 9.97. The standard InChI is InChI=1S/C12H24O/c1-11(2)7-4-5-8-12(3)9-6-10-13/h10-12H,4-9H2,1-3H3. The normalized spacial score (nSPS) is 13.2. The predicted molar refractivity (Wildman–Crippen MR) is 57.8 cm³/mol. The number of unbranched alkanes of at least 4 members (excludes halogenated alkanes) is 1. The topological polar surface area (TPSA) is 17.1 Å². The summed E-state index contributed by atoms with van der Waals surface area (Å²) in [6.07, 6.45) is 8.17. The lowest BCUT2D eigenvalue weighted by molar-refractivity contribution is -0.108. The third kappa shape index (κ3) is 9.59. The fourth-order valence-electron chi connectivity index (χ4n) is 1.54. The predicted octanol–water partition coefficient (Wildman–Crippen LogP) is 3.82. The Labute approximate surface area is 82.9 Å². The van der Waals surface area contributed by atoms with E-state index in [4.69, 9.17) is 0 Å². The molecule has 0 rings (SSSR count). The molecule has 0 amide bonds. The zero-order chi connectivity index (χ0) is 10.1. The van der Waals surface area contributed by atoms with Crippen LogP contribution in [-0.4, -0.2) is 6.29 Å². The maximum atomic E-state index is 10.1. The van der Waals surface area contributed by atoms with Crippen LogP contribution in [0.15, 0.2) is 0 Å². The Kier molecular flexibility index (Phi) is 8.07. The summed E-state index contributed by atoms with van der Waals surface area (Å²) in [6, 6.07) is 0. The van der Waals surface area contributed by atoms with Gasteiger partial charge in [-0.25, -0.2) is 0 Å². The first-order valence-corrected chi connectivity index (χ1v) is 5.60. The molecule has 0 aliphatic carbocycles. The minimum absolute atomic E-state index is 0.734. The lowest BCUT2D eigenvalue weighted by Crippen LogP contribution is -1.96. The number of hydrogen-bond donors (Lipinski definition) is 0. The molecule has 0 aromatic rings. The molecule has 0 bridgehead atoms. The van der Waals surface area contributed by atoms with Crippen LogP contribution in [0.25, 0.3) is 0 Å². The second-order valence-corrected chi connectivity index (χ2v) is 4.53. The van der Waals surface area contributed by atoms with Gasteiger partial charge >= 0.3 is 0 Å². The average Bonchev–Trinajstić information content (AvgIpc) is 2.08. The highest BCUT2D eigenvalue weighted by atomic mass is 16.1. The fraction of sp³-hybridized carbons (Fsp3) is 0.917. The van der Waals surface area contributed by atoms with Crippen LogP contribution in [0.2, 0.25) is 0 Å². The van der Waals surface area contributed by atoms with Gasteiger partial charge in [-0.15, -0.1) is 0 Å². The number of aldehydes is 1. The monoisotopic (exact) mass is 184 g/mol. The van der Waals surface area contributed by atoms with Crippen molar-refractivity contribution in [3.05, 3.63) is 0 Å². The van der Waals surface area contributed by atoms with E-state index in [1.165, 1.54) is 25.7 Å². The van der Waals surface area contributed by atoms with E-state index in [0.29, 0.717) is 0 Å². The van der Waals surface area contributed by atoms with Crippen LogP contribution < -0.4 is 0 Å². The summed E-state index contributed by atoms with van der Waals surface area (Å²) in [7, 11) is 0. The van der Waals surface area contributed by atoms with E-state index in [1.54, 1.807) is 0 Å². The molecule has 0 aliphatic rings. The molecule has 78 valence electrons. The highest BCUT2D eigenvalue weighted by Crippen LogP contribution is 2.15. The number of rotatable bonds is 8. The Morgan fingerprint density at radius 2 is 1.62 bits per heavy atom. The summed E-state index contributed by atoms with van der Waals surface area (Å²) in [5, 5.41) is 0. The van der Waals surface area contributed by atoms with Crippen molar-refractivity contribution in [3.8, 4) is 0 Å². The van der Waals surface area contributed by atoms with Gasteiger partial charge in [0.1, 0.15) is 6.29 Å². The molecule has 1 nitrogen and oxygen atoms in total. The van der Waals surface area contributed by atoms with Crippen LogP contribution in [0.4, 0.5) is 0 Å². The molecule has 1 heteroatoms. The first-order valence-electron chi connectivity index (χ1n) is 5.60. The first kappa shape index (κ1) is 12.7. The SMILES string of the molecule is CC(C)CCCCC(C)CCC=O. The van der Waals surface area contributed by atoms with Crippen LogP contribution in [-0.2, 0) is 4.79 Å². The zero-order valence-electron chi connectivity index (χ0n) is 9.38. The largest absolute Gasteiger partial charge is 0.303 e. The van der Waals surface area contributed by atoms with E-state index in [1.807, 2.05) is 0 Å². The molecule has 13 heavy (non-hydrogen) atoms. The van der Waals surface area contributed by atoms with Crippen molar-refractivity contribution in [1.29, 1.82) is 0 Å². The van der Waals surface area contributed by atoms with Gasteiger partial charge in [-0.1, -0.05) is 46.5 Å². The molecule has 1 unspecified atom stereocenters. The van der Waals surface area contributed by atoms with E-state index in [9.17, 15) is 4.79 Å². The fourth-order valence-corrected chi connectivity index (χ4v) is 1.54.